The molecule has 1 heterocycles. The van der Waals surface area contributed by atoms with E-state index in [1.54, 1.807) is 4.90 Å². The van der Waals surface area contributed by atoms with E-state index in [1.807, 2.05) is 30.3 Å². The molecular formula is C11H11NOS. The molecule has 1 fully saturated rings. The maximum absolute atomic E-state index is 11.9. The van der Waals surface area contributed by atoms with Crippen molar-refractivity contribution in [3.05, 3.63) is 35.9 Å². The first-order valence-corrected chi connectivity index (χ1v) is 5.09. The van der Waals surface area contributed by atoms with Gasteiger partial charge >= 0.3 is 0 Å². The van der Waals surface area contributed by atoms with Crippen molar-refractivity contribution in [3.63, 3.8) is 0 Å². The average molecular weight is 205 g/mol. The summed E-state index contributed by atoms with van der Waals surface area (Å²) in [5.74, 6) is 0.0353. The van der Waals surface area contributed by atoms with Crippen LogP contribution in [-0.4, -0.2) is 22.3 Å². The minimum absolute atomic E-state index is 0.0353. The first-order valence-electron chi connectivity index (χ1n) is 4.69. The summed E-state index contributed by atoms with van der Waals surface area (Å²) >= 11 is 5.12. The molecule has 3 heteroatoms. The van der Waals surface area contributed by atoms with Gasteiger partial charge in [0, 0.05) is 18.5 Å². The zero-order valence-corrected chi connectivity index (χ0v) is 8.59. The molecule has 1 aromatic carbocycles. The zero-order valence-electron chi connectivity index (χ0n) is 7.77. The normalized spacial score (nSPS) is 16.0. The second-order valence-corrected chi connectivity index (χ2v) is 3.79. The van der Waals surface area contributed by atoms with Gasteiger partial charge in [0.15, 0.2) is 0 Å². The molecule has 1 aromatic rings. The van der Waals surface area contributed by atoms with Gasteiger partial charge in [-0.15, -0.1) is 0 Å². The summed E-state index contributed by atoms with van der Waals surface area (Å²) in [5, 5.41) is 0. The number of rotatable bonds is 1. The van der Waals surface area contributed by atoms with Gasteiger partial charge in [-0.2, -0.15) is 0 Å². The van der Waals surface area contributed by atoms with Crippen LogP contribution in [-0.2, 0) is 0 Å². The molecule has 0 aromatic heterocycles. The van der Waals surface area contributed by atoms with Crippen LogP contribution in [0.4, 0.5) is 0 Å². The van der Waals surface area contributed by atoms with Crippen LogP contribution in [0.3, 0.4) is 0 Å². The molecular weight excluding hydrogens is 194 g/mol. The fourth-order valence-corrected chi connectivity index (χ4v) is 1.92. The number of thiocarbonyl (C=S) groups is 1. The summed E-state index contributed by atoms with van der Waals surface area (Å²) < 4.78 is 0. The van der Waals surface area contributed by atoms with E-state index in [2.05, 4.69) is 0 Å². The summed E-state index contributed by atoms with van der Waals surface area (Å²) in [6, 6.07) is 9.28. The van der Waals surface area contributed by atoms with Crippen LogP contribution in [0.15, 0.2) is 30.3 Å². The Morgan fingerprint density at radius 3 is 2.57 bits per heavy atom. The van der Waals surface area contributed by atoms with E-state index in [0.29, 0.717) is 0 Å². The van der Waals surface area contributed by atoms with Crippen LogP contribution >= 0.6 is 12.2 Å². The summed E-state index contributed by atoms with van der Waals surface area (Å²) in [7, 11) is 0. The highest BCUT2D eigenvalue weighted by molar-refractivity contribution is 7.80. The lowest BCUT2D eigenvalue weighted by molar-refractivity contribution is 0.0859. The third kappa shape index (κ3) is 1.68. The number of benzene rings is 1. The maximum atomic E-state index is 11.9. The number of hydrogen-bond acceptors (Lipinski definition) is 2. The highest BCUT2D eigenvalue weighted by Gasteiger charge is 2.23. The van der Waals surface area contributed by atoms with Crippen molar-refractivity contribution >= 4 is 23.1 Å². The summed E-state index contributed by atoms with van der Waals surface area (Å²) in [5.41, 5.74) is 0.719. The molecule has 1 saturated heterocycles. The van der Waals surface area contributed by atoms with Crippen LogP contribution in [0.2, 0.25) is 0 Å². The van der Waals surface area contributed by atoms with E-state index in [-0.39, 0.29) is 5.91 Å². The first-order chi connectivity index (χ1) is 6.79. The SMILES string of the molecule is O=C(c1ccccc1)N1CCCC1=S. The average Bonchev–Trinajstić information content (AvgIpc) is 2.65. The van der Waals surface area contributed by atoms with Crippen LogP contribution in [0, 0.1) is 0 Å². The lowest BCUT2D eigenvalue weighted by atomic mass is 10.2. The van der Waals surface area contributed by atoms with Crippen LogP contribution in [0.5, 0.6) is 0 Å². The Labute approximate surface area is 88.5 Å². The molecule has 0 N–H and O–H groups in total. The van der Waals surface area contributed by atoms with E-state index in [4.69, 9.17) is 12.2 Å². The molecule has 1 amide bonds. The molecule has 0 saturated carbocycles. The quantitative estimate of drug-likeness (QED) is 0.655. The van der Waals surface area contributed by atoms with Crippen molar-refractivity contribution in [2.45, 2.75) is 12.8 Å². The molecule has 2 rings (SSSR count). The number of carbonyl (C=O) groups is 1. The van der Waals surface area contributed by atoms with Crippen molar-refractivity contribution < 1.29 is 4.79 Å². The number of hydrogen-bond donors (Lipinski definition) is 0. The number of nitrogens with zero attached hydrogens (tertiary/aromatic N) is 1. The highest BCUT2D eigenvalue weighted by atomic mass is 32.1. The maximum Gasteiger partial charge on any atom is 0.258 e. The molecule has 2 nitrogen and oxygen atoms in total. The Morgan fingerprint density at radius 2 is 2.00 bits per heavy atom. The van der Waals surface area contributed by atoms with Gasteiger partial charge in [0.05, 0.1) is 4.99 Å². The van der Waals surface area contributed by atoms with Gasteiger partial charge in [0.1, 0.15) is 0 Å². The summed E-state index contributed by atoms with van der Waals surface area (Å²) in [6.07, 6.45) is 1.87. The molecule has 0 radical (unpaired) electrons. The summed E-state index contributed by atoms with van der Waals surface area (Å²) in [4.78, 5) is 14.4. The van der Waals surface area contributed by atoms with E-state index in [0.717, 1.165) is 29.9 Å². The minimum atomic E-state index is 0.0353. The lowest BCUT2D eigenvalue weighted by Crippen LogP contribution is -2.30. The summed E-state index contributed by atoms with van der Waals surface area (Å²) in [6.45, 7) is 0.770. The van der Waals surface area contributed by atoms with Crippen molar-refractivity contribution in [1.29, 1.82) is 0 Å². The van der Waals surface area contributed by atoms with Crippen LogP contribution < -0.4 is 0 Å². The molecule has 0 atom stereocenters. The molecule has 1 aliphatic rings. The largest absolute Gasteiger partial charge is 0.302 e. The molecule has 0 bridgehead atoms. The van der Waals surface area contributed by atoms with Crippen molar-refractivity contribution in [2.75, 3.05) is 6.54 Å². The van der Waals surface area contributed by atoms with E-state index in [9.17, 15) is 4.79 Å². The van der Waals surface area contributed by atoms with Gasteiger partial charge in [-0.3, -0.25) is 4.79 Å². The smallest absolute Gasteiger partial charge is 0.258 e. The van der Waals surface area contributed by atoms with Crippen LogP contribution in [0.25, 0.3) is 0 Å². The van der Waals surface area contributed by atoms with Gasteiger partial charge in [-0.25, -0.2) is 0 Å². The van der Waals surface area contributed by atoms with E-state index < -0.39 is 0 Å². The standard InChI is InChI=1S/C11H11NOS/c13-11(9-5-2-1-3-6-9)12-8-4-7-10(12)14/h1-3,5-6H,4,7-8H2. The fraction of sp³-hybridized carbons (Fsp3) is 0.273. The van der Waals surface area contributed by atoms with E-state index in [1.165, 1.54) is 0 Å². The second kappa shape index (κ2) is 3.88. The monoisotopic (exact) mass is 205 g/mol. The van der Waals surface area contributed by atoms with Crippen molar-refractivity contribution in [1.82, 2.24) is 4.90 Å². The van der Waals surface area contributed by atoms with Crippen molar-refractivity contribution in [2.24, 2.45) is 0 Å². The number of carbonyl (C=O) groups excluding carboxylic acids is 1. The molecule has 0 spiro atoms. The Kier molecular flexibility index (Phi) is 2.59. The van der Waals surface area contributed by atoms with Crippen molar-refractivity contribution in [3.8, 4) is 0 Å². The number of amides is 1. The minimum Gasteiger partial charge on any atom is -0.302 e. The first kappa shape index (κ1) is 9.34. The zero-order chi connectivity index (χ0) is 9.97. The van der Waals surface area contributed by atoms with Gasteiger partial charge in [-0.05, 0) is 18.6 Å². The predicted molar refractivity (Wildman–Crippen MR) is 59.3 cm³/mol. The van der Waals surface area contributed by atoms with E-state index >= 15 is 0 Å². The molecule has 0 aliphatic carbocycles. The highest BCUT2D eigenvalue weighted by Crippen LogP contribution is 2.15. The van der Waals surface area contributed by atoms with Crippen LogP contribution in [0.1, 0.15) is 23.2 Å². The van der Waals surface area contributed by atoms with Gasteiger partial charge in [0.25, 0.3) is 5.91 Å². The molecule has 0 unspecified atom stereocenters. The number of likely N-dealkylation sites (tertiary alicyclic amines) is 1. The predicted octanol–water partition coefficient (Wildman–Crippen LogP) is 2.25. The third-order valence-corrected chi connectivity index (χ3v) is 2.76. The topological polar surface area (TPSA) is 20.3 Å². The molecule has 14 heavy (non-hydrogen) atoms. The fourth-order valence-electron chi connectivity index (χ4n) is 1.60. The Balaban J connectivity index is 2.20. The Bertz CT molecular complexity index is 361. The Morgan fingerprint density at radius 1 is 1.29 bits per heavy atom. The molecule has 1 aliphatic heterocycles. The Hall–Kier alpha value is -1.22. The lowest BCUT2D eigenvalue weighted by Gasteiger charge is -2.15. The third-order valence-electron chi connectivity index (χ3n) is 2.34. The van der Waals surface area contributed by atoms with Gasteiger partial charge < -0.3 is 4.90 Å². The second-order valence-electron chi connectivity index (χ2n) is 3.32. The molecule has 72 valence electrons. The van der Waals surface area contributed by atoms with Gasteiger partial charge in [0.2, 0.25) is 0 Å². The van der Waals surface area contributed by atoms with Gasteiger partial charge in [-0.1, -0.05) is 30.4 Å².